The van der Waals surface area contributed by atoms with E-state index in [0.29, 0.717) is 29.6 Å². The van der Waals surface area contributed by atoms with Gasteiger partial charge in [0.05, 0.1) is 5.71 Å². The molecule has 2 N–H and O–H groups in total. The van der Waals surface area contributed by atoms with Gasteiger partial charge in [-0.2, -0.15) is 27.5 Å². The Kier molecular flexibility index (Phi) is 7.71. The van der Waals surface area contributed by atoms with Gasteiger partial charge in [0, 0.05) is 31.6 Å². The molecule has 0 amide bonds. The molecular formula is C24H28ClN9O2S. The number of guanidine groups is 1. The van der Waals surface area contributed by atoms with Crippen LogP contribution in [0.4, 0.5) is 0 Å². The van der Waals surface area contributed by atoms with Gasteiger partial charge in [0.1, 0.15) is 11.6 Å². The Bertz CT molecular complexity index is 1460. The number of nitrogens with zero attached hydrogens (tertiary/aromatic N) is 8. The van der Waals surface area contributed by atoms with Crippen LogP contribution in [0, 0.1) is 13.8 Å². The molecule has 0 saturated heterocycles. The molecule has 11 nitrogen and oxygen atoms in total. The fraction of sp³-hybridized carbons (Fsp3) is 0.292. The van der Waals surface area contributed by atoms with Gasteiger partial charge in [-0.15, -0.1) is 9.50 Å². The summed E-state index contributed by atoms with van der Waals surface area (Å²) in [5.74, 6) is 0.700. The highest BCUT2D eigenvalue weighted by Gasteiger charge is 2.29. The molecule has 0 radical (unpaired) electrons. The number of benzene rings is 2. The molecule has 2 heterocycles. The van der Waals surface area contributed by atoms with Crippen LogP contribution in [0.15, 0.2) is 69.1 Å². The average molecular weight is 542 g/mol. The number of aryl methyl sites for hydroxylation is 2. The lowest BCUT2D eigenvalue weighted by molar-refractivity contribution is 0.399. The SMILES string of the molecule is Cc1nc(C)n(/C(N)=N/C(=N\S(=O)(=O)N(C)C)N2CCC(c3ccccc3)C(c3ccc(Cl)cc3)=N2)n1. The van der Waals surface area contributed by atoms with Crippen molar-refractivity contribution in [3.63, 3.8) is 0 Å². The van der Waals surface area contributed by atoms with E-state index >= 15 is 0 Å². The third-order valence-corrected chi connectivity index (χ3v) is 7.29. The molecule has 0 bridgehead atoms. The lowest BCUT2D eigenvalue weighted by atomic mass is 9.86. The summed E-state index contributed by atoms with van der Waals surface area (Å²) in [4.78, 5) is 8.58. The molecule has 194 valence electrons. The van der Waals surface area contributed by atoms with Crippen LogP contribution < -0.4 is 5.73 Å². The van der Waals surface area contributed by atoms with Crippen LogP contribution in [0.5, 0.6) is 0 Å². The van der Waals surface area contributed by atoms with Crippen molar-refractivity contribution in [2.24, 2.45) is 20.2 Å². The van der Waals surface area contributed by atoms with Gasteiger partial charge < -0.3 is 5.73 Å². The van der Waals surface area contributed by atoms with Gasteiger partial charge in [-0.05, 0) is 43.5 Å². The minimum Gasteiger partial charge on any atom is -0.368 e. The number of aliphatic imine (C=N–C) groups is 1. The standard InChI is InChI=1S/C24H28ClN9O2S/c1-16-27-17(2)34(29-16)23(26)28-24(31-37(35,36)32(3)4)33-15-14-21(18-8-6-5-7-9-18)22(30-33)19-10-12-20(25)13-11-19/h5-13,21H,14-15H2,1-4H3,(H2,26,28,31). The summed E-state index contributed by atoms with van der Waals surface area (Å²) in [6.07, 6.45) is 0.628. The van der Waals surface area contributed by atoms with Crippen molar-refractivity contribution in [3.8, 4) is 0 Å². The predicted octanol–water partition coefficient (Wildman–Crippen LogP) is 2.77. The number of nitrogens with two attached hydrogens (primary N) is 1. The highest BCUT2D eigenvalue weighted by atomic mass is 35.5. The van der Waals surface area contributed by atoms with E-state index in [1.807, 2.05) is 42.5 Å². The van der Waals surface area contributed by atoms with Gasteiger partial charge in [-0.3, -0.25) is 0 Å². The third-order valence-electron chi connectivity index (χ3n) is 5.73. The van der Waals surface area contributed by atoms with E-state index in [9.17, 15) is 8.42 Å². The van der Waals surface area contributed by atoms with E-state index in [1.54, 1.807) is 26.0 Å². The van der Waals surface area contributed by atoms with E-state index in [-0.39, 0.29) is 17.8 Å². The summed E-state index contributed by atoms with van der Waals surface area (Å²) in [6.45, 7) is 3.79. The molecule has 1 aliphatic rings. The van der Waals surface area contributed by atoms with E-state index < -0.39 is 10.2 Å². The molecule has 3 aromatic rings. The lowest BCUT2D eigenvalue weighted by Gasteiger charge is -2.31. The van der Waals surface area contributed by atoms with Gasteiger partial charge in [0.2, 0.25) is 5.96 Å². The van der Waals surface area contributed by atoms with Crippen molar-refractivity contribution in [1.29, 1.82) is 0 Å². The maximum Gasteiger partial charge on any atom is 0.325 e. The fourth-order valence-corrected chi connectivity index (χ4v) is 4.50. The highest BCUT2D eigenvalue weighted by Crippen LogP contribution is 2.30. The smallest absolute Gasteiger partial charge is 0.325 e. The molecule has 1 atom stereocenters. The molecular weight excluding hydrogens is 514 g/mol. The quantitative estimate of drug-likeness (QED) is 0.398. The largest absolute Gasteiger partial charge is 0.368 e. The maximum atomic E-state index is 12.8. The summed E-state index contributed by atoms with van der Waals surface area (Å²) in [7, 11) is -1.27. The van der Waals surface area contributed by atoms with Gasteiger partial charge in [0.25, 0.3) is 5.96 Å². The lowest BCUT2D eigenvalue weighted by Crippen LogP contribution is -2.38. The van der Waals surface area contributed by atoms with E-state index in [0.717, 1.165) is 21.1 Å². The Morgan fingerprint density at radius 1 is 1.11 bits per heavy atom. The molecule has 0 spiro atoms. The summed E-state index contributed by atoms with van der Waals surface area (Å²) < 4.78 is 31.8. The molecule has 0 aliphatic carbocycles. The Morgan fingerprint density at radius 2 is 1.78 bits per heavy atom. The van der Waals surface area contributed by atoms with Crippen LogP contribution >= 0.6 is 11.6 Å². The second-order valence-electron chi connectivity index (χ2n) is 8.61. The second kappa shape index (κ2) is 10.8. The van der Waals surface area contributed by atoms with Crippen molar-refractivity contribution in [2.45, 2.75) is 26.2 Å². The van der Waals surface area contributed by atoms with Crippen LogP contribution in [0.25, 0.3) is 0 Å². The first kappa shape index (κ1) is 26.5. The Morgan fingerprint density at radius 3 is 2.38 bits per heavy atom. The van der Waals surface area contributed by atoms with Crippen LogP contribution in [0.3, 0.4) is 0 Å². The molecule has 1 unspecified atom stereocenters. The van der Waals surface area contributed by atoms with E-state index in [2.05, 4.69) is 19.5 Å². The van der Waals surface area contributed by atoms with Crippen LogP contribution in [-0.4, -0.2) is 70.8 Å². The Hall–Kier alpha value is -3.61. The second-order valence-corrected chi connectivity index (χ2v) is 10.9. The summed E-state index contributed by atoms with van der Waals surface area (Å²) in [5, 5.41) is 11.1. The number of hydrogen-bond acceptors (Lipinski definition) is 5. The molecule has 1 aliphatic heterocycles. The van der Waals surface area contributed by atoms with Gasteiger partial charge >= 0.3 is 10.2 Å². The first-order valence-electron chi connectivity index (χ1n) is 11.5. The monoisotopic (exact) mass is 541 g/mol. The number of halogens is 1. The summed E-state index contributed by atoms with van der Waals surface area (Å²) in [5.41, 5.74) is 8.89. The molecule has 1 aromatic heterocycles. The average Bonchev–Trinajstić information content (AvgIpc) is 3.22. The minimum absolute atomic E-state index is 0.0353. The zero-order valence-corrected chi connectivity index (χ0v) is 22.5. The first-order valence-corrected chi connectivity index (χ1v) is 13.3. The normalized spacial score (nSPS) is 17.3. The zero-order valence-electron chi connectivity index (χ0n) is 20.9. The minimum atomic E-state index is -4.05. The summed E-state index contributed by atoms with van der Waals surface area (Å²) in [6, 6.07) is 17.3. The Labute approximate surface area is 221 Å². The van der Waals surface area contributed by atoms with E-state index in [4.69, 9.17) is 22.4 Å². The Balaban J connectivity index is 1.85. The van der Waals surface area contributed by atoms with Crippen LogP contribution in [0.2, 0.25) is 5.02 Å². The molecule has 13 heteroatoms. The topological polar surface area (TPSA) is 134 Å². The number of rotatable bonds is 4. The van der Waals surface area contributed by atoms with Gasteiger partial charge in [-0.1, -0.05) is 54.1 Å². The zero-order chi connectivity index (χ0) is 26.7. The van der Waals surface area contributed by atoms with Crippen molar-refractivity contribution in [1.82, 2.24) is 24.1 Å². The first-order chi connectivity index (χ1) is 17.5. The van der Waals surface area contributed by atoms with Crippen molar-refractivity contribution >= 4 is 39.4 Å². The van der Waals surface area contributed by atoms with Crippen LogP contribution in [0.1, 0.15) is 35.1 Å². The van der Waals surface area contributed by atoms with E-state index in [1.165, 1.54) is 23.8 Å². The maximum absolute atomic E-state index is 12.8. The van der Waals surface area contributed by atoms with Crippen molar-refractivity contribution in [3.05, 3.63) is 82.4 Å². The number of hydrogen-bond donors (Lipinski definition) is 1. The molecule has 4 rings (SSSR count). The third kappa shape index (κ3) is 6.04. The molecule has 0 fully saturated rings. The van der Waals surface area contributed by atoms with Crippen molar-refractivity contribution in [2.75, 3.05) is 20.6 Å². The van der Waals surface area contributed by atoms with Crippen molar-refractivity contribution < 1.29 is 8.42 Å². The van der Waals surface area contributed by atoms with Gasteiger partial charge in [0.15, 0.2) is 0 Å². The highest BCUT2D eigenvalue weighted by molar-refractivity contribution is 7.87. The van der Waals surface area contributed by atoms with Gasteiger partial charge in [-0.25, -0.2) is 9.99 Å². The molecule has 2 aromatic carbocycles. The van der Waals surface area contributed by atoms with Crippen LogP contribution in [-0.2, 0) is 10.2 Å². The number of aromatic nitrogens is 3. The predicted molar refractivity (Wildman–Crippen MR) is 145 cm³/mol. The fourth-order valence-electron chi connectivity index (χ4n) is 3.87. The summed E-state index contributed by atoms with van der Waals surface area (Å²) >= 11 is 6.13. The molecule has 37 heavy (non-hydrogen) atoms. The number of hydrazone groups is 1. The molecule has 0 saturated carbocycles.